The van der Waals surface area contributed by atoms with E-state index in [1.54, 1.807) is 25.3 Å². The van der Waals surface area contributed by atoms with Crippen molar-refractivity contribution in [2.24, 2.45) is 5.73 Å². The van der Waals surface area contributed by atoms with Crippen LogP contribution in [0.4, 0.5) is 0 Å². The molecule has 0 saturated heterocycles. The lowest BCUT2D eigenvalue weighted by Gasteiger charge is -2.12. The maximum absolute atomic E-state index is 5.69. The fourth-order valence-corrected chi connectivity index (χ4v) is 1.95. The van der Waals surface area contributed by atoms with Crippen LogP contribution in [0, 0.1) is 0 Å². The molecule has 0 radical (unpaired) electrons. The number of methoxy groups -OCH3 is 1. The number of benzene rings is 2. The van der Waals surface area contributed by atoms with Gasteiger partial charge in [-0.1, -0.05) is 30.4 Å². The normalized spacial score (nSPS) is 9.95. The minimum atomic E-state index is 0.289. The Labute approximate surface area is 129 Å². The maximum atomic E-state index is 5.69. The largest absolute Gasteiger partial charge is 0.497 e. The standard InChI is InChI=1S/C16H17NO3S/c1-18-13-7-8-14(16(17)21)15(11-13)20-10-9-19-12-5-3-2-4-6-12/h2-8,11H,9-10H2,1H3,(H2,17,21). The molecule has 0 amide bonds. The van der Waals surface area contributed by atoms with E-state index in [0.717, 1.165) is 5.75 Å². The van der Waals surface area contributed by atoms with E-state index in [-0.39, 0.29) is 4.99 Å². The third-order valence-corrected chi connectivity index (χ3v) is 3.03. The summed E-state index contributed by atoms with van der Waals surface area (Å²) in [4.78, 5) is 0.289. The smallest absolute Gasteiger partial charge is 0.133 e. The Kier molecular flexibility index (Phi) is 5.40. The number of hydrogen-bond acceptors (Lipinski definition) is 4. The topological polar surface area (TPSA) is 53.7 Å². The van der Waals surface area contributed by atoms with Gasteiger partial charge in [0.15, 0.2) is 0 Å². The lowest BCUT2D eigenvalue weighted by molar-refractivity contribution is 0.216. The van der Waals surface area contributed by atoms with E-state index in [0.29, 0.717) is 30.3 Å². The molecule has 4 nitrogen and oxygen atoms in total. The zero-order valence-corrected chi connectivity index (χ0v) is 12.6. The Morgan fingerprint density at radius 1 is 1.00 bits per heavy atom. The van der Waals surface area contributed by atoms with Crippen LogP contribution in [0.25, 0.3) is 0 Å². The third kappa shape index (κ3) is 4.36. The molecule has 2 N–H and O–H groups in total. The van der Waals surface area contributed by atoms with Gasteiger partial charge in [0.2, 0.25) is 0 Å². The lowest BCUT2D eigenvalue weighted by atomic mass is 10.2. The molecule has 0 spiro atoms. The van der Waals surface area contributed by atoms with Crippen molar-refractivity contribution >= 4 is 17.2 Å². The molecule has 0 atom stereocenters. The summed E-state index contributed by atoms with van der Waals surface area (Å²) in [6.45, 7) is 0.815. The minimum Gasteiger partial charge on any atom is -0.497 e. The van der Waals surface area contributed by atoms with E-state index in [1.165, 1.54) is 0 Å². The molecule has 0 bridgehead atoms. The number of thiocarbonyl (C=S) groups is 1. The first kappa shape index (κ1) is 15.1. The van der Waals surface area contributed by atoms with E-state index >= 15 is 0 Å². The Hall–Kier alpha value is -2.27. The number of nitrogens with two attached hydrogens (primary N) is 1. The van der Waals surface area contributed by atoms with Crippen LogP contribution >= 0.6 is 12.2 Å². The van der Waals surface area contributed by atoms with Crippen LogP contribution in [0.15, 0.2) is 48.5 Å². The highest BCUT2D eigenvalue weighted by Crippen LogP contribution is 2.24. The fourth-order valence-electron chi connectivity index (χ4n) is 1.78. The fraction of sp³-hybridized carbons (Fsp3) is 0.188. The highest BCUT2D eigenvalue weighted by atomic mass is 32.1. The number of para-hydroxylation sites is 1. The molecule has 0 aliphatic rings. The molecule has 5 heteroatoms. The van der Waals surface area contributed by atoms with Crippen molar-refractivity contribution < 1.29 is 14.2 Å². The molecule has 21 heavy (non-hydrogen) atoms. The van der Waals surface area contributed by atoms with E-state index in [1.807, 2.05) is 30.3 Å². The first-order chi connectivity index (χ1) is 10.2. The van der Waals surface area contributed by atoms with E-state index in [9.17, 15) is 0 Å². The number of ether oxygens (including phenoxy) is 3. The Bertz CT molecular complexity index is 602. The van der Waals surface area contributed by atoms with Crippen LogP contribution < -0.4 is 19.9 Å². The van der Waals surface area contributed by atoms with Gasteiger partial charge in [-0.2, -0.15) is 0 Å². The van der Waals surface area contributed by atoms with Gasteiger partial charge in [0, 0.05) is 6.07 Å². The predicted octanol–water partition coefficient (Wildman–Crippen LogP) is 2.79. The predicted molar refractivity (Wildman–Crippen MR) is 86.3 cm³/mol. The summed E-state index contributed by atoms with van der Waals surface area (Å²) in [5.41, 5.74) is 6.37. The van der Waals surface area contributed by atoms with Crippen LogP contribution in [0.1, 0.15) is 5.56 Å². The molecule has 0 saturated carbocycles. The average Bonchev–Trinajstić information content (AvgIpc) is 2.52. The monoisotopic (exact) mass is 303 g/mol. The molecule has 0 unspecified atom stereocenters. The number of rotatable bonds is 7. The van der Waals surface area contributed by atoms with E-state index < -0.39 is 0 Å². The quantitative estimate of drug-likeness (QED) is 0.629. The van der Waals surface area contributed by atoms with Gasteiger partial charge in [0.1, 0.15) is 35.5 Å². The summed E-state index contributed by atoms with van der Waals surface area (Å²) in [5.74, 6) is 2.09. The zero-order valence-electron chi connectivity index (χ0n) is 11.7. The molecule has 0 aliphatic heterocycles. The Balaban J connectivity index is 1.94. The summed E-state index contributed by atoms with van der Waals surface area (Å²) in [7, 11) is 1.60. The maximum Gasteiger partial charge on any atom is 0.133 e. The van der Waals surface area contributed by atoms with Crippen molar-refractivity contribution in [3.8, 4) is 17.2 Å². The van der Waals surface area contributed by atoms with E-state index in [4.69, 9.17) is 32.2 Å². The SMILES string of the molecule is COc1ccc(C(N)=S)c(OCCOc2ccccc2)c1. The second kappa shape index (κ2) is 7.50. The second-order valence-electron chi connectivity index (χ2n) is 4.24. The van der Waals surface area contributed by atoms with Gasteiger partial charge in [0.25, 0.3) is 0 Å². The molecular formula is C16H17NO3S. The van der Waals surface area contributed by atoms with Crippen molar-refractivity contribution in [3.05, 3.63) is 54.1 Å². The van der Waals surface area contributed by atoms with Crippen molar-refractivity contribution in [3.63, 3.8) is 0 Å². The number of hydrogen-bond donors (Lipinski definition) is 1. The molecule has 2 aromatic rings. The highest BCUT2D eigenvalue weighted by Gasteiger charge is 2.08. The van der Waals surface area contributed by atoms with Crippen molar-refractivity contribution in [2.45, 2.75) is 0 Å². The van der Waals surface area contributed by atoms with E-state index in [2.05, 4.69) is 0 Å². The van der Waals surface area contributed by atoms with Gasteiger partial charge in [-0.25, -0.2) is 0 Å². The first-order valence-electron chi connectivity index (χ1n) is 6.49. The lowest BCUT2D eigenvalue weighted by Crippen LogP contribution is -2.14. The van der Waals surface area contributed by atoms with Crippen molar-refractivity contribution in [2.75, 3.05) is 20.3 Å². The summed E-state index contributed by atoms with van der Waals surface area (Å²) >= 11 is 5.01. The summed E-state index contributed by atoms with van der Waals surface area (Å²) in [6.07, 6.45) is 0. The molecule has 0 aliphatic carbocycles. The Morgan fingerprint density at radius 3 is 2.38 bits per heavy atom. The second-order valence-corrected chi connectivity index (χ2v) is 4.68. The summed E-state index contributed by atoms with van der Waals surface area (Å²) in [6, 6.07) is 14.9. The average molecular weight is 303 g/mol. The summed E-state index contributed by atoms with van der Waals surface area (Å²) < 4.78 is 16.4. The van der Waals surface area contributed by atoms with Crippen molar-refractivity contribution in [1.29, 1.82) is 0 Å². The Morgan fingerprint density at radius 2 is 1.71 bits per heavy atom. The van der Waals surface area contributed by atoms with Gasteiger partial charge in [-0.05, 0) is 24.3 Å². The van der Waals surface area contributed by atoms with Gasteiger partial charge < -0.3 is 19.9 Å². The van der Waals surface area contributed by atoms with Crippen molar-refractivity contribution in [1.82, 2.24) is 0 Å². The van der Waals surface area contributed by atoms with Crippen LogP contribution in [-0.4, -0.2) is 25.3 Å². The molecule has 2 rings (SSSR count). The molecule has 0 fully saturated rings. The molecule has 2 aromatic carbocycles. The summed E-state index contributed by atoms with van der Waals surface area (Å²) in [5, 5.41) is 0. The molecular weight excluding hydrogens is 286 g/mol. The molecule has 110 valence electrons. The molecule has 0 aromatic heterocycles. The van der Waals surface area contributed by atoms with Gasteiger partial charge in [-0.3, -0.25) is 0 Å². The minimum absolute atomic E-state index is 0.289. The van der Waals surface area contributed by atoms with Gasteiger partial charge >= 0.3 is 0 Å². The molecule has 0 heterocycles. The zero-order chi connectivity index (χ0) is 15.1. The van der Waals surface area contributed by atoms with Gasteiger partial charge in [-0.15, -0.1) is 0 Å². The van der Waals surface area contributed by atoms with Gasteiger partial charge in [0.05, 0.1) is 12.7 Å². The van der Waals surface area contributed by atoms with Crippen LogP contribution in [0.5, 0.6) is 17.2 Å². The third-order valence-electron chi connectivity index (χ3n) is 2.81. The highest BCUT2D eigenvalue weighted by molar-refractivity contribution is 7.80. The first-order valence-corrected chi connectivity index (χ1v) is 6.90. The van der Waals surface area contributed by atoms with Crippen LogP contribution in [-0.2, 0) is 0 Å². The van der Waals surface area contributed by atoms with Crippen LogP contribution in [0.2, 0.25) is 0 Å². The van der Waals surface area contributed by atoms with Crippen LogP contribution in [0.3, 0.4) is 0 Å².